The highest BCUT2D eigenvalue weighted by Crippen LogP contribution is 2.14. The van der Waals surface area contributed by atoms with Crippen LogP contribution in [0.3, 0.4) is 0 Å². The lowest BCUT2D eigenvalue weighted by molar-refractivity contribution is 0.0687. The number of hydrogen-bond acceptors (Lipinski definition) is 3. The van der Waals surface area contributed by atoms with E-state index in [-0.39, 0.29) is 5.69 Å². The van der Waals surface area contributed by atoms with Gasteiger partial charge in [0.2, 0.25) is 5.91 Å². The molecule has 6 heteroatoms. The minimum atomic E-state index is -1.08. The van der Waals surface area contributed by atoms with Crippen molar-refractivity contribution in [2.24, 2.45) is 5.73 Å². The SMILES string of the molecule is Cc1cc(C(=O)O)n(-c2cccc(C(N)=O)c2)n1. The van der Waals surface area contributed by atoms with Crippen molar-refractivity contribution in [3.05, 3.63) is 47.3 Å². The molecule has 3 N–H and O–H groups in total. The van der Waals surface area contributed by atoms with Crippen LogP contribution in [-0.2, 0) is 0 Å². The van der Waals surface area contributed by atoms with Crippen LogP contribution < -0.4 is 5.73 Å². The van der Waals surface area contributed by atoms with Gasteiger partial charge in [-0.25, -0.2) is 9.48 Å². The summed E-state index contributed by atoms with van der Waals surface area (Å²) in [7, 11) is 0. The van der Waals surface area contributed by atoms with Crippen molar-refractivity contribution in [1.82, 2.24) is 9.78 Å². The van der Waals surface area contributed by atoms with Crippen LogP contribution >= 0.6 is 0 Å². The molecule has 0 bridgehead atoms. The molecular formula is C12H11N3O3. The molecule has 1 amide bonds. The lowest BCUT2D eigenvalue weighted by atomic mass is 10.2. The smallest absolute Gasteiger partial charge is 0.354 e. The number of aromatic nitrogens is 2. The van der Waals surface area contributed by atoms with Crippen molar-refractivity contribution in [2.75, 3.05) is 0 Å². The number of nitrogens with zero attached hydrogens (tertiary/aromatic N) is 2. The van der Waals surface area contributed by atoms with Crippen LogP contribution in [0, 0.1) is 6.92 Å². The lowest BCUT2D eigenvalue weighted by Crippen LogP contribution is -2.13. The van der Waals surface area contributed by atoms with E-state index >= 15 is 0 Å². The zero-order chi connectivity index (χ0) is 13.3. The summed E-state index contributed by atoms with van der Waals surface area (Å²) in [5.41, 5.74) is 6.58. The summed E-state index contributed by atoms with van der Waals surface area (Å²) in [5.74, 6) is -1.65. The number of aryl methyl sites for hydroxylation is 1. The molecule has 92 valence electrons. The van der Waals surface area contributed by atoms with Gasteiger partial charge in [0.25, 0.3) is 0 Å². The Morgan fingerprint density at radius 1 is 1.33 bits per heavy atom. The van der Waals surface area contributed by atoms with Gasteiger partial charge >= 0.3 is 5.97 Å². The van der Waals surface area contributed by atoms with Crippen molar-refractivity contribution in [2.45, 2.75) is 6.92 Å². The Kier molecular flexibility index (Phi) is 2.85. The summed E-state index contributed by atoms with van der Waals surface area (Å²) in [6, 6.07) is 7.80. The topological polar surface area (TPSA) is 98.2 Å². The minimum Gasteiger partial charge on any atom is -0.477 e. The summed E-state index contributed by atoms with van der Waals surface area (Å²) in [4.78, 5) is 22.2. The molecule has 0 radical (unpaired) electrons. The Hall–Kier alpha value is -2.63. The fourth-order valence-electron chi connectivity index (χ4n) is 1.64. The normalized spacial score (nSPS) is 10.3. The average molecular weight is 245 g/mol. The molecule has 0 fully saturated rings. The fraction of sp³-hybridized carbons (Fsp3) is 0.0833. The molecule has 2 rings (SSSR count). The van der Waals surface area contributed by atoms with E-state index in [9.17, 15) is 9.59 Å². The van der Waals surface area contributed by atoms with Crippen molar-refractivity contribution < 1.29 is 14.7 Å². The van der Waals surface area contributed by atoms with Crippen LogP contribution in [0.5, 0.6) is 0 Å². The van der Waals surface area contributed by atoms with Crippen LogP contribution in [0.2, 0.25) is 0 Å². The molecule has 0 atom stereocenters. The highest BCUT2D eigenvalue weighted by Gasteiger charge is 2.14. The van der Waals surface area contributed by atoms with Crippen LogP contribution in [0.15, 0.2) is 30.3 Å². The van der Waals surface area contributed by atoms with Gasteiger partial charge in [-0.05, 0) is 31.2 Å². The third-order valence-electron chi connectivity index (χ3n) is 2.43. The van der Waals surface area contributed by atoms with Crippen molar-refractivity contribution in [3.8, 4) is 5.69 Å². The molecule has 0 saturated heterocycles. The quantitative estimate of drug-likeness (QED) is 0.841. The van der Waals surface area contributed by atoms with E-state index in [2.05, 4.69) is 5.10 Å². The summed E-state index contributed by atoms with van der Waals surface area (Å²) in [5, 5.41) is 13.2. The first-order valence-corrected chi connectivity index (χ1v) is 5.19. The predicted octanol–water partition coefficient (Wildman–Crippen LogP) is 0.978. The molecule has 6 nitrogen and oxygen atoms in total. The van der Waals surface area contributed by atoms with Gasteiger partial charge in [-0.2, -0.15) is 5.10 Å². The third kappa shape index (κ3) is 2.08. The molecule has 0 unspecified atom stereocenters. The van der Waals surface area contributed by atoms with E-state index in [0.717, 1.165) is 0 Å². The van der Waals surface area contributed by atoms with Crippen molar-refractivity contribution >= 4 is 11.9 Å². The molecular weight excluding hydrogens is 234 g/mol. The first-order valence-electron chi connectivity index (χ1n) is 5.19. The van der Waals surface area contributed by atoms with Crippen molar-refractivity contribution in [1.29, 1.82) is 0 Å². The number of benzene rings is 1. The average Bonchev–Trinajstić information content (AvgIpc) is 2.72. The number of amides is 1. The molecule has 2 aromatic rings. The predicted molar refractivity (Wildman–Crippen MR) is 63.8 cm³/mol. The van der Waals surface area contributed by atoms with Crippen LogP contribution in [0.1, 0.15) is 26.5 Å². The van der Waals surface area contributed by atoms with Gasteiger partial charge in [0, 0.05) is 5.56 Å². The van der Waals surface area contributed by atoms with Gasteiger partial charge in [-0.15, -0.1) is 0 Å². The maximum absolute atomic E-state index is 11.1. The number of carboxylic acid groups (broad SMARTS) is 1. The Morgan fingerprint density at radius 3 is 2.67 bits per heavy atom. The lowest BCUT2D eigenvalue weighted by Gasteiger charge is -2.05. The van der Waals surface area contributed by atoms with Crippen molar-refractivity contribution in [3.63, 3.8) is 0 Å². The first kappa shape index (κ1) is 11.8. The maximum Gasteiger partial charge on any atom is 0.354 e. The summed E-state index contributed by atoms with van der Waals surface area (Å²) >= 11 is 0. The monoisotopic (exact) mass is 245 g/mol. The second-order valence-electron chi connectivity index (χ2n) is 3.80. The van der Waals surface area contributed by atoms with Gasteiger partial charge in [0.15, 0.2) is 5.69 Å². The van der Waals surface area contributed by atoms with E-state index in [1.807, 2.05) is 0 Å². The molecule has 0 aliphatic carbocycles. The largest absolute Gasteiger partial charge is 0.477 e. The van der Waals surface area contributed by atoms with Gasteiger partial charge in [0.1, 0.15) is 0 Å². The number of primary amides is 1. The standard InChI is InChI=1S/C12H11N3O3/c1-7-5-10(12(17)18)15(14-7)9-4-2-3-8(6-9)11(13)16/h2-6H,1H3,(H2,13,16)(H,17,18). The summed E-state index contributed by atoms with van der Waals surface area (Å²) in [6.07, 6.45) is 0. The maximum atomic E-state index is 11.1. The van der Waals surface area contributed by atoms with E-state index in [1.165, 1.54) is 16.8 Å². The summed E-state index contributed by atoms with van der Waals surface area (Å²) in [6.45, 7) is 1.70. The Balaban J connectivity index is 2.58. The molecule has 0 spiro atoms. The number of carboxylic acids is 1. The zero-order valence-electron chi connectivity index (χ0n) is 9.62. The molecule has 18 heavy (non-hydrogen) atoms. The van der Waals surface area contributed by atoms with E-state index in [1.54, 1.807) is 25.1 Å². The zero-order valence-corrected chi connectivity index (χ0v) is 9.62. The van der Waals surface area contributed by atoms with E-state index in [0.29, 0.717) is 16.9 Å². The number of carbonyl (C=O) groups excluding carboxylic acids is 1. The Bertz CT molecular complexity index is 631. The van der Waals surface area contributed by atoms with E-state index in [4.69, 9.17) is 10.8 Å². The Labute approximate surface area is 103 Å². The van der Waals surface area contributed by atoms with Gasteiger partial charge < -0.3 is 10.8 Å². The van der Waals surface area contributed by atoms with E-state index < -0.39 is 11.9 Å². The summed E-state index contributed by atoms with van der Waals surface area (Å²) < 4.78 is 1.27. The highest BCUT2D eigenvalue weighted by atomic mass is 16.4. The van der Waals surface area contributed by atoms with Crippen LogP contribution in [-0.4, -0.2) is 26.8 Å². The second kappa shape index (κ2) is 4.33. The fourth-order valence-corrected chi connectivity index (χ4v) is 1.64. The number of aromatic carboxylic acids is 1. The number of nitrogens with two attached hydrogens (primary N) is 1. The number of hydrogen-bond donors (Lipinski definition) is 2. The molecule has 1 heterocycles. The highest BCUT2D eigenvalue weighted by molar-refractivity contribution is 5.93. The van der Waals surface area contributed by atoms with Gasteiger partial charge in [-0.1, -0.05) is 6.07 Å². The third-order valence-corrected chi connectivity index (χ3v) is 2.43. The number of rotatable bonds is 3. The van der Waals surface area contributed by atoms with Gasteiger partial charge in [-0.3, -0.25) is 4.79 Å². The molecule has 0 aliphatic heterocycles. The molecule has 0 saturated carbocycles. The van der Waals surface area contributed by atoms with Crippen LogP contribution in [0.25, 0.3) is 5.69 Å². The minimum absolute atomic E-state index is 0.0362. The number of carbonyl (C=O) groups is 2. The Morgan fingerprint density at radius 2 is 2.06 bits per heavy atom. The van der Waals surface area contributed by atoms with Gasteiger partial charge in [0.05, 0.1) is 11.4 Å². The molecule has 1 aromatic heterocycles. The molecule has 1 aromatic carbocycles. The first-order chi connectivity index (χ1) is 8.49. The van der Waals surface area contributed by atoms with Crippen LogP contribution in [0.4, 0.5) is 0 Å². The molecule has 0 aliphatic rings. The second-order valence-corrected chi connectivity index (χ2v) is 3.80.